The molecule has 7 heteroatoms. The normalized spacial score (nSPS) is 10.4. The minimum Gasteiger partial charge on any atom is -0.493 e. The smallest absolute Gasteiger partial charge is 0.226 e. The third-order valence-corrected chi connectivity index (χ3v) is 4.02. The Hall–Kier alpha value is -2.12. The predicted molar refractivity (Wildman–Crippen MR) is 87.9 cm³/mol. The number of nitrogens with zero attached hydrogens (tertiary/aromatic N) is 1. The van der Waals surface area contributed by atoms with Gasteiger partial charge in [0.1, 0.15) is 5.01 Å². The number of aromatic nitrogens is 1. The van der Waals surface area contributed by atoms with Gasteiger partial charge in [0.2, 0.25) is 5.91 Å². The third-order valence-electron chi connectivity index (χ3n) is 3.15. The van der Waals surface area contributed by atoms with Gasteiger partial charge >= 0.3 is 0 Å². The number of thiazole rings is 1. The number of methoxy groups -OCH3 is 3. The molecule has 0 atom stereocenters. The number of carbonyl (C=O) groups is 1. The van der Waals surface area contributed by atoms with Crippen molar-refractivity contribution in [3.8, 4) is 11.5 Å². The van der Waals surface area contributed by atoms with E-state index in [2.05, 4.69) is 10.3 Å². The molecule has 0 fully saturated rings. The van der Waals surface area contributed by atoms with Crippen LogP contribution in [0.4, 0.5) is 0 Å². The van der Waals surface area contributed by atoms with Crippen LogP contribution < -0.4 is 14.8 Å². The van der Waals surface area contributed by atoms with Gasteiger partial charge in [-0.1, -0.05) is 6.07 Å². The number of amides is 1. The lowest BCUT2D eigenvalue weighted by molar-refractivity contribution is -0.120. The molecule has 1 amide bonds. The maximum atomic E-state index is 12.0. The molecule has 0 spiro atoms. The number of rotatable bonds is 8. The van der Waals surface area contributed by atoms with Crippen LogP contribution in [0, 0.1) is 0 Å². The zero-order valence-electron chi connectivity index (χ0n) is 13.4. The Labute approximate surface area is 139 Å². The maximum absolute atomic E-state index is 12.0. The zero-order chi connectivity index (χ0) is 16.7. The van der Waals surface area contributed by atoms with Crippen LogP contribution in [-0.4, -0.2) is 32.2 Å². The van der Waals surface area contributed by atoms with Gasteiger partial charge in [0, 0.05) is 19.0 Å². The lowest BCUT2D eigenvalue weighted by Crippen LogP contribution is -2.24. The first-order chi connectivity index (χ1) is 11.2. The molecule has 0 aliphatic rings. The Balaban J connectivity index is 1.88. The van der Waals surface area contributed by atoms with Crippen LogP contribution in [-0.2, 0) is 29.1 Å². The van der Waals surface area contributed by atoms with Crippen LogP contribution in [0.3, 0.4) is 0 Å². The number of hydrogen-bond donors (Lipinski definition) is 1. The van der Waals surface area contributed by atoms with Gasteiger partial charge in [-0.3, -0.25) is 4.79 Å². The van der Waals surface area contributed by atoms with Crippen molar-refractivity contribution >= 4 is 17.2 Å². The minimum absolute atomic E-state index is 0.0750. The molecule has 23 heavy (non-hydrogen) atoms. The van der Waals surface area contributed by atoms with Crippen molar-refractivity contribution < 1.29 is 19.0 Å². The number of ether oxygens (including phenoxy) is 3. The first kappa shape index (κ1) is 17.2. The summed E-state index contributed by atoms with van der Waals surface area (Å²) in [5, 5.41) is 5.63. The summed E-state index contributed by atoms with van der Waals surface area (Å²) in [7, 11) is 4.79. The van der Waals surface area contributed by atoms with Gasteiger partial charge in [-0.05, 0) is 17.7 Å². The van der Waals surface area contributed by atoms with Gasteiger partial charge in [-0.25, -0.2) is 4.98 Å². The number of hydrogen-bond acceptors (Lipinski definition) is 6. The standard InChI is InChI=1S/C16H20N2O4S/c1-20-9-16-18-12(10-23-16)7-15(19)17-8-11-4-5-13(21-2)14(6-11)22-3/h4-6,10H,7-9H2,1-3H3,(H,17,19). The fraction of sp³-hybridized carbons (Fsp3) is 0.375. The van der Waals surface area contributed by atoms with Gasteiger partial charge < -0.3 is 19.5 Å². The lowest BCUT2D eigenvalue weighted by Gasteiger charge is -2.10. The summed E-state index contributed by atoms with van der Waals surface area (Å²) in [6.45, 7) is 0.895. The van der Waals surface area contributed by atoms with E-state index in [9.17, 15) is 4.79 Å². The highest BCUT2D eigenvalue weighted by molar-refractivity contribution is 7.09. The molecular weight excluding hydrogens is 316 g/mol. The topological polar surface area (TPSA) is 69.7 Å². The fourth-order valence-corrected chi connectivity index (χ4v) is 2.80. The highest BCUT2D eigenvalue weighted by atomic mass is 32.1. The van der Waals surface area contributed by atoms with Crippen LogP contribution in [0.5, 0.6) is 11.5 Å². The molecule has 1 aromatic carbocycles. The summed E-state index contributed by atoms with van der Waals surface area (Å²) in [5.74, 6) is 1.23. The Morgan fingerprint density at radius 2 is 2.00 bits per heavy atom. The van der Waals surface area contributed by atoms with Crippen molar-refractivity contribution in [3.63, 3.8) is 0 Å². The monoisotopic (exact) mass is 336 g/mol. The predicted octanol–water partition coefficient (Wildman–Crippen LogP) is 2.17. The summed E-state index contributed by atoms with van der Waals surface area (Å²) in [5.41, 5.74) is 1.70. The Kier molecular flexibility index (Phi) is 6.37. The molecule has 6 nitrogen and oxygen atoms in total. The van der Waals surface area contributed by atoms with Crippen LogP contribution in [0.15, 0.2) is 23.6 Å². The summed E-state index contributed by atoms with van der Waals surface area (Å²) >= 11 is 1.49. The summed E-state index contributed by atoms with van der Waals surface area (Å²) in [4.78, 5) is 16.3. The van der Waals surface area contributed by atoms with Gasteiger partial charge in [0.15, 0.2) is 11.5 Å². The molecule has 0 aliphatic carbocycles. The molecule has 2 rings (SSSR count). The molecule has 0 radical (unpaired) electrons. The van der Waals surface area contributed by atoms with E-state index in [-0.39, 0.29) is 12.3 Å². The minimum atomic E-state index is -0.0750. The Morgan fingerprint density at radius 1 is 1.22 bits per heavy atom. The number of benzene rings is 1. The van der Waals surface area contributed by atoms with Gasteiger partial charge in [-0.15, -0.1) is 11.3 Å². The highest BCUT2D eigenvalue weighted by Gasteiger charge is 2.09. The van der Waals surface area contributed by atoms with E-state index in [1.165, 1.54) is 11.3 Å². The second-order valence-electron chi connectivity index (χ2n) is 4.81. The van der Waals surface area contributed by atoms with Crippen molar-refractivity contribution in [2.75, 3.05) is 21.3 Å². The third kappa shape index (κ3) is 4.94. The van der Waals surface area contributed by atoms with Crippen molar-refractivity contribution in [3.05, 3.63) is 39.8 Å². The van der Waals surface area contributed by atoms with Gasteiger partial charge in [-0.2, -0.15) is 0 Å². The summed E-state index contributed by atoms with van der Waals surface area (Å²) < 4.78 is 15.5. The second kappa shape index (κ2) is 8.50. The summed E-state index contributed by atoms with van der Waals surface area (Å²) in [6, 6.07) is 5.55. The van der Waals surface area contributed by atoms with E-state index in [1.807, 2.05) is 23.6 Å². The van der Waals surface area contributed by atoms with Gasteiger partial charge in [0.25, 0.3) is 0 Å². The van der Waals surface area contributed by atoms with E-state index in [4.69, 9.17) is 14.2 Å². The first-order valence-corrected chi connectivity index (χ1v) is 7.94. The van der Waals surface area contributed by atoms with E-state index in [1.54, 1.807) is 21.3 Å². The van der Waals surface area contributed by atoms with E-state index in [0.29, 0.717) is 24.7 Å². The Morgan fingerprint density at radius 3 is 2.70 bits per heavy atom. The van der Waals surface area contributed by atoms with Crippen LogP contribution in [0.25, 0.3) is 0 Å². The highest BCUT2D eigenvalue weighted by Crippen LogP contribution is 2.27. The first-order valence-electron chi connectivity index (χ1n) is 7.06. The molecule has 1 aromatic heterocycles. The maximum Gasteiger partial charge on any atom is 0.226 e. The second-order valence-corrected chi connectivity index (χ2v) is 5.75. The average Bonchev–Trinajstić information content (AvgIpc) is 3.00. The summed E-state index contributed by atoms with van der Waals surface area (Å²) in [6.07, 6.45) is 0.257. The fourth-order valence-electron chi connectivity index (χ4n) is 2.04. The molecule has 1 heterocycles. The van der Waals surface area contributed by atoms with E-state index in [0.717, 1.165) is 16.3 Å². The Bertz CT molecular complexity index is 657. The van der Waals surface area contributed by atoms with E-state index < -0.39 is 0 Å². The number of carbonyl (C=O) groups excluding carboxylic acids is 1. The SMILES string of the molecule is COCc1nc(CC(=O)NCc2ccc(OC)c(OC)c2)cs1. The molecule has 0 saturated heterocycles. The molecule has 2 aromatic rings. The molecular formula is C16H20N2O4S. The molecule has 1 N–H and O–H groups in total. The molecule has 0 unspecified atom stereocenters. The van der Waals surface area contributed by atoms with Crippen LogP contribution in [0.1, 0.15) is 16.3 Å². The van der Waals surface area contributed by atoms with Crippen molar-refractivity contribution in [1.29, 1.82) is 0 Å². The van der Waals surface area contributed by atoms with E-state index >= 15 is 0 Å². The quantitative estimate of drug-likeness (QED) is 0.800. The number of nitrogens with one attached hydrogen (secondary N) is 1. The van der Waals surface area contributed by atoms with Crippen LogP contribution >= 0.6 is 11.3 Å². The molecule has 124 valence electrons. The molecule has 0 saturated carbocycles. The van der Waals surface area contributed by atoms with Crippen molar-refractivity contribution in [2.24, 2.45) is 0 Å². The average molecular weight is 336 g/mol. The van der Waals surface area contributed by atoms with Crippen LogP contribution in [0.2, 0.25) is 0 Å². The lowest BCUT2D eigenvalue weighted by atomic mass is 10.2. The molecule has 0 aliphatic heterocycles. The van der Waals surface area contributed by atoms with Gasteiger partial charge in [0.05, 0.1) is 32.9 Å². The molecule has 0 bridgehead atoms. The zero-order valence-corrected chi connectivity index (χ0v) is 14.2. The van der Waals surface area contributed by atoms with Crippen molar-refractivity contribution in [1.82, 2.24) is 10.3 Å². The largest absolute Gasteiger partial charge is 0.493 e. The van der Waals surface area contributed by atoms with Crippen molar-refractivity contribution in [2.45, 2.75) is 19.6 Å².